The molecular formula is C15H12F6N2O6. The van der Waals surface area contributed by atoms with Gasteiger partial charge in [0.2, 0.25) is 11.4 Å². The van der Waals surface area contributed by atoms with Crippen molar-refractivity contribution in [1.29, 1.82) is 0 Å². The number of halogens is 6. The summed E-state index contributed by atoms with van der Waals surface area (Å²) in [4.78, 5) is 16.4. The third kappa shape index (κ3) is 5.65. The number of esters is 1. The summed E-state index contributed by atoms with van der Waals surface area (Å²) in [5.74, 6) is -2.65. The number of fused-ring (bicyclic) bond motifs is 1. The zero-order valence-corrected chi connectivity index (χ0v) is 14.6. The molecule has 0 bridgehead atoms. The molecule has 0 radical (unpaired) electrons. The maximum absolute atomic E-state index is 13.4. The molecule has 160 valence electrons. The molecule has 1 aliphatic heterocycles. The lowest BCUT2D eigenvalue weighted by Gasteiger charge is -2.29. The molecule has 0 aliphatic carbocycles. The highest BCUT2D eigenvalue weighted by molar-refractivity contribution is 5.96. The van der Waals surface area contributed by atoms with Crippen molar-refractivity contribution in [3.8, 4) is 11.5 Å². The minimum Gasteiger partial charge on any atom is -0.599 e. The van der Waals surface area contributed by atoms with Crippen molar-refractivity contribution >= 4 is 12.0 Å². The Bertz CT molecular complexity index is 836. The number of hydrogen-bond donors (Lipinski definition) is 1. The van der Waals surface area contributed by atoms with E-state index in [1.54, 1.807) is 0 Å². The highest BCUT2D eigenvalue weighted by Crippen LogP contribution is 2.41. The monoisotopic (exact) mass is 430 g/mol. The lowest BCUT2D eigenvalue weighted by atomic mass is 9.99. The van der Waals surface area contributed by atoms with Crippen molar-refractivity contribution in [2.45, 2.75) is 38.8 Å². The lowest BCUT2D eigenvalue weighted by Crippen LogP contribution is -2.56. The maximum Gasteiger partial charge on any atom is 0.573 e. The Hall–Kier alpha value is -3.19. The second-order valence-electron chi connectivity index (χ2n) is 5.61. The van der Waals surface area contributed by atoms with Crippen LogP contribution in [0.2, 0.25) is 0 Å². The van der Waals surface area contributed by atoms with E-state index in [0.717, 1.165) is 24.3 Å². The molecule has 29 heavy (non-hydrogen) atoms. The first-order valence-corrected chi connectivity index (χ1v) is 7.61. The highest BCUT2D eigenvalue weighted by atomic mass is 19.4. The fraction of sp³-hybridized carbons (Fsp3) is 0.400. The molecule has 0 saturated heterocycles. The van der Waals surface area contributed by atoms with Crippen LogP contribution in [0, 0.1) is 12.1 Å². The second-order valence-corrected chi connectivity index (χ2v) is 5.61. The van der Waals surface area contributed by atoms with Gasteiger partial charge in [0.15, 0.2) is 0 Å². The van der Waals surface area contributed by atoms with E-state index >= 15 is 0 Å². The Labute approximate surface area is 158 Å². The first-order chi connectivity index (χ1) is 13.3. The van der Waals surface area contributed by atoms with Gasteiger partial charge in [0.05, 0.1) is 5.57 Å². The number of hydrogen-bond acceptors (Lipinski definition) is 7. The van der Waals surface area contributed by atoms with Gasteiger partial charge in [-0.3, -0.25) is 0 Å². The quantitative estimate of drug-likeness (QED) is 0.253. The molecule has 1 N–H and O–H groups in total. The molecule has 0 saturated carbocycles. The predicted molar refractivity (Wildman–Crippen MR) is 79.7 cm³/mol. The zero-order chi connectivity index (χ0) is 22.0. The van der Waals surface area contributed by atoms with Crippen LogP contribution >= 0.6 is 0 Å². The molecule has 0 fully saturated rings. The van der Waals surface area contributed by atoms with Gasteiger partial charge in [0.25, 0.3) is 6.29 Å². The largest absolute Gasteiger partial charge is 0.599 e. The summed E-state index contributed by atoms with van der Waals surface area (Å²) < 4.78 is 90.6. The summed E-state index contributed by atoms with van der Waals surface area (Å²) in [5, 5.41) is 13.6. The number of nitrogens with zero attached hydrogens (tertiary/aromatic N) is 1. The summed E-state index contributed by atoms with van der Waals surface area (Å²) in [5.41, 5.74) is -1.41. The lowest BCUT2D eigenvalue weighted by molar-refractivity contribution is -0.503. The van der Waals surface area contributed by atoms with Gasteiger partial charge in [0.1, 0.15) is 11.5 Å². The fourth-order valence-corrected chi connectivity index (χ4v) is 2.40. The normalized spacial score (nSPS) is 17.8. The van der Waals surface area contributed by atoms with Crippen LogP contribution in [0.15, 0.2) is 23.0 Å². The molecule has 2 rings (SSSR count). The molecule has 0 spiro atoms. The highest BCUT2D eigenvalue weighted by Gasteiger charge is 2.49. The van der Waals surface area contributed by atoms with Crippen molar-refractivity contribution in [3.05, 3.63) is 34.0 Å². The Kier molecular flexibility index (Phi) is 6.13. The van der Waals surface area contributed by atoms with Crippen LogP contribution in [0.25, 0.3) is 6.08 Å². The average molecular weight is 430 g/mol. The SMILES string of the molecule is Cc1cc(OC(F)(F)F)cc2c1O[C@H](C(F)(F)F)C(C(=O)OC(C)O/N=[NH+]\[O-])=C2. The van der Waals surface area contributed by atoms with Crippen LogP contribution < -0.4 is 14.8 Å². The molecule has 0 amide bonds. The molecule has 14 heteroatoms. The summed E-state index contributed by atoms with van der Waals surface area (Å²) in [7, 11) is 0. The third-order valence-electron chi connectivity index (χ3n) is 3.38. The van der Waals surface area contributed by atoms with E-state index in [1.165, 1.54) is 6.92 Å². The number of rotatable bonds is 5. The van der Waals surface area contributed by atoms with Crippen LogP contribution in [0.4, 0.5) is 26.3 Å². The molecule has 8 nitrogen and oxygen atoms in total. The van der Waals surface area contributed by atoms with Gasteiger partial charge in [-0.05, 0) is 30.7 Å². The summed E-state index contributed by atoms with van der Waals surface area (Å²) in [6.07, 6.45) is -13.7. The van der Waals surface area contributed by atoms with Crippen LogP contribution in [-0.4, -0.2) is 30.9 Å². The van der Waals surface area contributed by atoms with Crippen LogP contribution in [-0.2, 0) is 14.4 Å². The Morgan fingerprint density at radius 2 is 1.93 bits per heavy atom. The molecular weight excluding hydrogens is 418 g/mol. The van der Waals surface area contributed by atoms with Crippen molar-refractivity contribution in [3.63, 3.8) is 0 Å². The van der Waals surface area contributed by atoms with E-state index in [9.17, 15) is 36.3 Å². The van der Waals surface area contributed by atoms with E-state index in [2.05, 4.69) is 19.6 Å². The second kappa shape index (κ2) is 8.05. The van der Waals surface area contributed by atoms with Crippen LogP contribution in [0.1, 0.15) is 18.1 Å². The minimum atomic E-state index is -5.05. The summed E-state index contributed by atoms with van der Waals surface area (Å²) >= 11 is 0. The number of alkyl halides is 6. The number of aryl methyl sites for hydroxylation is 1. The topological polar surface area (TPSA) is 103 Å². The maximum atomic E-state index is 13.4. The predicted octanol–water partition coefficient (Wildman–Crippen LogP) is 2.45. The Morgan fingerprint density at radius 1 is 1.28 bits per heavy atom. The first-order valence-electron chi connectivity index (χ1n) is 7.61. The molecule has 2 atom stereocenters. The number of carbonyl (C=O) groups excluding carboxylic acids is 1. The summed E-state index contributed by atoms with van der Waals surface area (Å²) in [6, 6.07) is 1.59. The molecule has 1 aromatic rings. The Balaban J connectivity index is 2.44. The van der Waals surface area contributed by atoms with Gasteiger partial charge in [-0.25, -0.2) is 4.79 Å². The number of nitrogens with one attached hydrogen (secondary N) is 1. The smallest absolute Gasteiger partial charge is 0.573 e. The van der Waals surface area contributed by atoms with Gasteiger partial charge in [-0.15, -0.1) is 13.2 Å². The minimum absolute atomic E-state index is 0.0864. The van der Waals surface area contributed by atoms with Gasteiger partial charge in [0, 0.05) is 12.5 Å². The van der Waals surface area contributed by atoms with Crippen molar-refractivity contribution < 1.29 is 55.5 Å². The van der Waals surface area contributed by atoms with Crippen LogP contribution in [0.5, 0.6) is 11.5 Å². The number of carbonyl (C=O) groups is 1. The van der Waals surface area contributed by atoms with E-state index in [0.29, 0.717) is 6.08 Å². The molecule has 1 unspecified atom stereocenters. The van der Waals surface area contributed by atoms with Crippen molar-refractivity contribution in [2.24, 2.45) is 5.28 Å². The van der Waals surface area contributed by atoms with E-state index in [-0.39, 0.29) is 16.9 Å². The van der Waals surface area contributed by atoms with E-state index in [1.807, 2.05) is 0 Å². The number of benzene rings is 1. The van der Waals surface area contributed by atoms with Gasteiger partial charge in [-0.1, -0.05) is 5.28 Å². The van der Waals surface area contributed by atoms with Crippen LogP contribution in [0.3, 0.4) is 0 Å². The average Bonchev–Trinajstić information content (AvgIpc) is 2.56. The van der Waals surface area contributed by atoms with E-state index < -0.39 is 42.2 Å². The first kappa shape index (κ1) is 22.1. The van der Waals surface area contributed by atoms with Crippen molar-refractivity contribution in [2.75, 3.05) is 0 Å². The molecule has 1 aliphatic rings. The molecule has 1 heterocycles. The zero-order valence-electron chi connectivity index (χ0n) is 14.6. The fourth-order valence-electron chi connectivity index (χ4n) is 2.40. The van der Waals surface area contributed by atoms with Gasteiger partial charge in [-0.2, -0.15) is 13.2 Å². The van der Waals surface area contributed by atoms with Gasteiger partial charge < -0.3 is 24.3 Å². The van der Waals surface area contributed by atoms with Gasteiger partial charge >= 0.3 is 18.5 Å². The van der Waals surface area contributed by atoms with E-state index in [4.69, 9.17) is 4.74 Å². The Morgan fingerprint density at radius 3 is 2.48 bits per heavy atom. The third-order valence-corrected chi connectivity index (χ3v) is 3.38. The summed E-state index contributed by atoms with van der Waals surface area (Å²) in [6.45, 7) is 2.26. The molecule has 1 aromatic carbocycles. The number of ether oxygens (including phenoxy) is 3. The molecule has 0 aromatic heterocycles. The van der Waals surface area contributed by atoms with Crippen molar-refractivity contribution in [1.82, 2.24) is 0 Å². The standard InChI is InChI=1S/C15H12F6N2O6/c1-6-3-9(28-15(19,20)21)4-8-5-10(12(14(16,17)18)27-11(6)8)13(24)26-7(2)29-23-22-25/h3-5,7,12,22H,1-2H3/t7?,12-/m0/s1.